The molecule has 0 aromatic carbocycles. The first kappa shape index (κ1) is 12.6. The molecule has 0 aliphatic carbocycles. The summed E-state index contributed by atoms with van der Waals surface area (Å²) in [5.74, 6) is -0.370. The van der Waals surface area contributed by atoms with Crippen LogP contribution < -0.4 is 11.1 Å². The topological polar surface area (TPSA) is 72.2 Å². The smallest absolute Gasteiger partial charge is 0.243 e. The zero-order valence-electron chi connectivity index (χ0n) is 8.72. The van der Waals surface area contributed by atoms with E-state index in [1.54, 1.807) is 0 Å². The highest BCUT2D eigenvalue weighted by Crippen LogP contribution is 2.33. The molecule has 4 nitrogen and oxygen atoms in total. The number of amides is 2. The fourth-order valence-corrected chi connectivity index (χ4v) is 2.36. The van der Waals surface area contributed by atoms with Crippen LogP contribution in [0.4, 0.5) is 0 Å². The van der Waals surface area contributed by atoms with Crippen molar-refractivity contribution in [1.82, 2.24) is 5.32 Å². The Morgan fingerprint density at radius 1 is 1.27 bits per heavy atom. The average Bonchev–Trinajstić information content (AvgIpc) is 2.41. The minimum atomic E-state index is -0.646. The quantitative estimate of drug-likeness (QED) is 0.433. The molecule has 0 aromatic rings. The van der Waals surface area contributed by atoms with Gasteiger partial charge in [-0.3, -0.25) is 14.9 Å². The Morgan fingerprint density at radius 3 is 2.47 bits per heavy atom. The van der Waals surface area contributed by atoms with E-state index in [1.165, 1.54) is 0 Å². The van der Waals surface area contributed by atoms with Gasteiger partial charge in [-0.25, -0.2) is 0 Å². The Hall–Kier alpha value is -0.420. The summed E-state index contributed by atoms with van der Waals surface area (Å²) in [5.41, 5.74) is 5.38. The van der Waals surface area contributed by atoms with Crippen molar-refractivity contribution in [3.05, 3.63) is 0 Å². The maximum atomic E-state index is 11.4. The fourth-order valence-electron chi connectivity index (χ4n) is 1.72. The fraction of sp³-hybridized carbons (Fsp3) is 0.800. The summed E-state index contributed by atoms with van der Waals surface area (Å²) in [4.78, 5) is 22.5. The maximum Gasteiger partial charge on any atom is 0.243 e. The van der Waals surface area contributed by atoms with E-state index in [-0.39, 0.29) is 18.2 Å². The normalized spacial score (nSPS) is 25.7. The predicted octanol–water partition coefficient (Wildman–Crippen LogP) is 1.08. The van der Waals surface area contributed by atoms with E-state index in [0.29, 0.717) is 0 Å². The molecule has 1 atom stereocenters. The number of carbonyl (C=O) groups excluding carboxylic acids is 2. The zero-order chi connectivity index (χ0) is 11.3. The monoisotopic (exact) mass is 276 g/mol. The first-order chi connectivity index (χ1) is 7.08. The molecule has 15 heavy (non-hydrogen) atoms. The van der Waals surface area contributed by atoms with Crippen LogP contribution in [-0.2, 0) is 9.59 Å². The van der Waals surface area contributed by atoms with Crippen LogP contribution in [0.1, 0.15) is 38.5 Å². The zero-order valence-corrected chi connectivity index (χ0v) is 10.3. The molecule has 0 radical (unpaired) electrons. The summed E-state index contributed by atoms with van der Waals surface area (Å²) in [6.45, 7) is 0.721. The van der Waals surface area contributed by atoms with Crippen molar-refractivity contribution in [2.75, 3.05) is 6.54 Å². The van der Waals surface area contributed by atoms with E-state index in [9.17, 15) is 9.59 Å². The van der Waals surface area contributed by atoms with Gasteiger partial charge in [0.1, 0.15) is 4.32 Å². The molecule has 3 N–H and O–H groups in total. The number of hydrogen-bond acceptors (Lipinski definition) is 3. The van der Waals surface area contributed by atoms with E-state index < -0.39 is 4.32 Å². The highest BCUT2D eigenvalue weighted by molar-refractivity contribution is 9.10. The molecular formula is C10H17BrN2O2. The van der Waals surface area contributed by atoms with Crippen LogP contribution in [0, 0.1) is 0 Å². The molecule has 1 aliphatic rings. The van der Waals surface area contributed by atoms with Gasteiger partial charge in [-0.15, -0.1) is 0 Å². The van der Waals surface area contributed by atoms with Crippen molar-refractivity contribution in [3.8, 4) is 0 Å². The maximum absolute atomic E-state index is 11.4. The van der Waals surface area contributed by atoms with Crippen molar-refractivity contribution < 1.29 is 9.59 Å². The number of alkyl halides is 1. The lowest BCUT2D eigenvalue weighted by Gasteiger charge is -2.16. The number of nitrogens with one attached hydrogen (secondary N) is 1. The van der Waals surface area contributed by atoms with Crippen LogP contribution in [0.3, 0.4) is 0 Å². The Balaban J connectivity index is 2.25. The van der Waals surface area contributed by atoms with Gasteiger partial charge in [0.25, 0.3) is 0 Å². The van der Waals surface area contributed by atoms with E-state index >= 15 is 0 Å². The van der Waals surface area contributed by atoms with Crippen LogP contribution in [0.15, 0.2) is 0 Å². The first-order valence-electron chi connectivity index (χ1n) is 5.32. The number of hydrogen-bond donors (Lipinski definition) is 2. The van der Waals surface area contributed by atoms with Gasteiger partial charge >= 0.3 is 0 Å². The Bertz CT molecular complexity index is 258. The van der Waals surface area contributed by atoms with Crippen molar-refractivity contribution in [2.24, 2.45) is 5.73 Å². The SMILES string of the molecule is NCCCCCCC1(Br)CC(=O)NC1=O. The summed E-state index contributed by atoms with van der Waals surface area (Å²) in [7, 11) is 0. The van der Waals surface area contributed by atoms with Crippen LogP contribution >= 0.6 is 15.9 Å². The minimum absolute atomic E-state index is 0.182. The molecular weight excluding hydrogens is 260 g/mol. The Labute approximate surface area is 98.1 Å². The average molecular weight is 277 g/mol. The van der Waals surface area contributed by atoms with Gasteiger partial charge in [0.15, 0.2) is 0 Å². The van der Waals surface area contributed by atoms with Crippen LogP contribution in [0.2, 0.25) is 0 Å². The van der Waals surface area contributed by atoms with Gasteiger partial charge in [-0.2, -0.15) is 0 Å². The summed E-state index contributed by atoms with van der Waals surface area (Å²) in [6.07, 6.45) is 5.12. The molecule has 2 amide bonds. The number of unbranched alkanes of at least 4 members (excludes halogenated alkanes) is 3. The highest BCUT2D eigenvalue weighted by Gasteiger charge is 2.43. The standard InChI is InChI=1S/C10H17BrN2O2/c11-10(5-3-1-2-4-6-12)7-8(14)13-9(10)15/h1-7,12H2,(H,13,14,15). The molecule has 0 saturated carbocycles. The first-order valence-corrected chi connectivity index (χ1v) is 6.11. The third-order valence-corrected chi connectivity index (χ3v) is 3.66. The third kappa shape index (κ3) is 3.57. The van der Waals surface area contributed by atoms with E-state index in [2.05, 4.69) is 21.2 Å². The van der Waals surface area contributed by atoms with Gasteiger partial charge in [-0.05, 0) is 19.4 Å². The van der Waals surface area contributed by atoms with E-state index in [4.69, 9.17) is 5.73 Å². The molecule has 1 saturated heterocycles. The summed E-state index contributed by atoms with van der Waals surface area (Å²) < 4.78 is -0.646. The van der Waals surface area contributed by atoms with Gasteiger partial charge in [0, 0.05) is 0 Å². The molecule has 0 bridgehead atoms. The lowest BCUT2D eigenvalue weighted by Crippen LogP contribution is -2.32. The van der Waals surface area contributed by atoms with Gasteiger partial charge in [0.05, 0.1) is 6.42 Å². The van der Waals surface area contributed by atoms with Crippen molar-refractivity contribution in [1.29, 1.82) is 0 Å². The van der Waals surface area contributed by atoms with Crippen molar-refractivity contribution in [3.63, 3.8) is 0 Å². The van der Waals surface area contributed by atoms with Crippen LogP contribution in [0.25, 0.3) is 0 Å². The molecule has 1 heterocycles. The third-order valence-electron chi connectivity index (χ3n) is 2.63. The number of nitrogens with two attached hydrogens (primary N) is 1. The highest BCUT2D eigenvalue weighted by atomic mass is 79.9. The van der Waals surface area contributed by atoms with E-state index in [0.717, 1.165) is 38.6 Å². The number of carbonyl (C=O) groups is 2. The molecule has 1 aliphatic heterocycles. The predicted molar refractivity (Wildman–Crippen MR) is 61.6 cm³/mol. The van der Waals surface area contributed by atoms with Crippen molar-refractivity contribution >= 4 is 27.7 Å². The second kappa shape index (κ2) is 5.61. The Morgan fingerprint density at radius 2 is 1.93 bits per heavy atom. The van der Waals surface area contributed by atoms with Crippen LogP contribution in [0.5, 0.6) is 0 Å². The van der Waals surface area contributed by atoms with Gasteiger partial charge in [0.2, 0.25) is 11.8 Å². The molecule has 0 spiro atoms. The number of rotatable bonds is 6. The molecule has 86 valence electrons. The van der Waals surface area contributed by atoms with Crippen LogP contribution in [-0.4, -0.2) is 22.7 Å². The second-order valence-electron chi connectivity index (χ2n) is 3.97. The number of halogens is 1. The largest absolute Gasteiger partial charge is 0.330 e. The molecule has 1 unspecified atom stereocenters. The Kier molecular flexibility index (Phi) is 4.73. The van der Waals surface area contributed by atoms with Gasteiger partial charge in [-0.1, -0.05) is 35.2 Å². The molecule has 1 rings (SSSR count). The summed E-state index contributed by atoms with van der Waals surface area (Å²) in [6, 6.07) is 0. The summed E-state index contributed by atoms with van der Waals surface area (Å²) >= 11 is 3.36. The molecule has 5 heteroatoms. The summed E-state index contributed by atoms with van der Waals surface area (Å²) in [5, 5.41) is 2.31. The van der Waals surface area contributed by atoms with Crippen molar-refractivity contribution in [2.45, 2.75) is 42.8 Å². The second-order valence-corrected chi connectivity index (χ2v) is 5.49. The number of imide groups is 1. The molecule has 0 aromatic heterocycles. The van der Waals surface area contributed by atoms with Gasteiger partial charge < -0.3 is 5.73 Å². The molecule has 1 fully saturated rings. The van der Waals surface area contributed by atoms with E-state index in [1.807, 2.05) is 0 Å². The lowest BCUT2D eigenvalue weighted by atomic mass is 9.99. The lowest BCUT2D eigenvalue weighted by molar-refractivity contribution is -0.125. The minimum Gasteiger partial charge on any atom is -0.330 e.